The van der Waals surface area contributed by atoms with Gasteiger partial charge >= 0.3 is 0 Å². The predicted octanol–water partition coefficient (Wildman–Crippen LogP) is 4.02. The summed E-state index contributed by atoms with van der Waals surface area (Å²) >= 11 is 1.54. The average Bonchev–Trinajstić information content (AvgIpc) is 3.24. The number of morpholine rings is 1. The summed E-state index contributed by atoms with van der Waals surface area (Å²) in [6, 6.07) is 11.4. The third-order valence-electron chi connectivity index (χ3n) is 5.46. The van der Waals surface area contributed by atoms with Gasteiger partial charge in [0.15, 0.2) is 16.6 Å². The predicted molar refractivity (Wildman–Crippen MR) is 130 cm³/mol. The van der Waals surface area contributed by atoms with Crippen LogP contribution in [0.1, 0.15) is 15.9 Å². The molecule has 3 aromatic rings. The molecule has 1 fully saturated rings. The number of amides is 1. The van der Waals surface area contributed by atoms with Gasteiger partial charge in [0.05, 0.1) is 37.6 Å². The number of hydrogen-bond acceptors (Lipinski definition) is 7. The van der Waals surface area contributed by atoms with Crippen LogP contribution in [0.2, 0.25) is 0 Å². The molecule has 1 saturated heterocycles. The topological polar surface area (TPSA) is 64.1 Å². The van der Waals surface area contributed by atoms with E-state index >= 15 is 0 Å². The van der Waals surface area contributed by atoms with Crippen molar-refractivity contribution in [2.45, 2.75) is 6.92 Å². The number of ether oxygens (including phenoxy) is 3. The number of hydrogen-bond donors (Lipinski definition) is 0. The summed E-state index contributed by atoms with van der Waals surface area (Å²) < 4.78 is 17.2. The van der Waals surface area contributed by atoms with Gasteiger partial charge in [-0.1, -0.05) is 23.5 Å². The molecule has 32 heavy (non-hydrogen) atoms. The SMILES string of the molecule is COc1ccc(C(=O)N(CCN2CCOCC2)c2nc3c(C)cccc3s2)cc1OC.Cl. The van der Waals surface area contributed by atoms with Gasteiger partial charge in [-0.25, -0.2) is 4.98 Å². The highest BCUT2D eigenvalue weighted by molar-refractivity contribution is 7.22. The Kier molecular flexibility index (Phi) is 8.31. The standard InChI is InChI=1S/C23H27N3O4S.ClH/c1-16-5-4-6-20-21(16)24-23(31-20)26(10-9-25-11-13-30-14-12-25)22(27)17-7-8-18(28-2)19(15-17)29-3;/h4-8,15H,9-14H2,1-3H3;1H. The summed E-state index contributed by atoms with van der Waals surface area (Å²) in [5.41, 5.74) is 2.58. The third-order valence-corrected chi connectivity index (χ3v) is 6.50. The van der Waals surface area contributed by atoms with Crippen molar-refractivity contribution in [2.75, 3.05) is 58.5 Å². The summed E-state index contributed by atoms with van der Waals surface area (Å²) in [6.45, 7) is 6.55. The van der Waals surface area contributed by atoms with Gasteiger partial charge in [-0.05, 0) is 36.8 Å². The fourth-order valence-corrected chi connectivity index (χ4v) is 4.73. The Balaban J connectivity index is 0.00000289. The van der Waals surface area contributed by atoms with Gasteiger partial charge in [-0.2, -0.15) is 0 Å². The van der Waals surface area contributed by atoms with Crippen molar-refractivity contribution in [3.8, 4) is 11.5 Å². The molecule has 4 rings (SSSR count). The largest absolute Gasteiger partial charge is 0.493 e. The van der Waals surface area contributed by atoms with Crippen LogP contribution in [-0.2, 0) is 4.74 Å². The lowest BCUT2D eigenvalue weighted by molar-refractivity contribution is 0.0391. The molecular formula is C23H28ClN3O4S. The Labute approximate surface area is 198 Å². The van der Waals surface area contributed by atoms with E-state index in [0.717, 1.165) is 48.6 Å². The number of rotatable bonds is 7. The van der Waals surface area contributed by atoms with Gasteiger partial charge in [-0.3, -0.25) is 14.6 Å². The normalized spacial score (nSPS) is 14.1. The monoisotopic (exact) mass is 477 g/mol. The molecule has 9 heteroatoms. The smallest absolute Gasteiger partial charge is 0.260 e. The molecule has 2 aromatic carbocycles. The molecule has 172 valence electrons. The van der Waals surface area contributed by atoms with Crippen LogP contribution in [0.15, 0.2) is 36.4 Å². The van der Waals surface area contributed by atoms with Crippen LogP contribution >= 0.6 is 23.7 Å². The molecule has 0 spiro atoms. The van der Waals surface area contributed by atoms with Crippen LogP contribution in [0.4, 0.5) is 5.13 Å². The van der Waals surface area contributed by atoms with Crippen LogP contribution in [0.3, 0.4) is 0 Å². The molecule has 2 heterocycles. The molecule has 0 N–H and O–H groups in total. The van der Waals surface area contributed by atoms with Crippen LogP contribution < -0.4 is 14.4 Å². The summed E-state index contributed by atoms with van der Waals surface area (Å²) in [5.74, 6) is 1.02. The molecule has 0 saturated carbocycles. The van der Waals surface area contributed by atoms with Crippen LogP contribution in [0, 0.1) is 6.92 Å². The number of halogens is 1. The number of carbonyl (C=O) groups excluding carboxylic acids is 1. The first-order valence-electron chi connectivity index (χ1n) is 10.3. The minimum absolute atomic E-state index is 0. The number of nitrogens with zero attached hydrogens (tertiary/aromatic N) is 3. The van der Waals surface area contributed by atoms with E-state index < -0.39 is 0 Å². The number of aromatic nitrogens is 1. The second-order valence-corrected chi connectivity index (χ2v) is 8.41. The Morgan fingerprint density at radius 3 is 2.59 bits per heavy atom. The number of para-hydroxylation sites is 1. The van der Waals surface area contributed by atoms with E-state index in [1.54, 1.807) is 48.7 Å². The van der Waals surface area contributed by atoms with Crippen LogP contribution in [-0.4, -0.2) is 69.4 Å². The first kappa shape index (κ1) is 24.3. The van der Waals surface area contributed by atoms with Crippen LogP contribution in [0.5, 0.6) is 11.5 Å². The molecule has 0 radical (unpaired) electrons. The number of aryl methyl sites for hydroxylation is 1. The van der Waals surface area contributed by atoms with E-state index in [-0.39, 0.29) is 18.3 Å². The average molecular weight is 478 g/mol. The summed E-state index contributed by atoms with van der Waals surface area (Å²) in [5, 5.41) is 0.706. The zero-order chi connectivity index (χ0) is 21.8. The number of methoxy groups -OCH3 is 2. The van der Waals surface area contributed by atoms with E-state index in [1.165, 1.54) is 0 Å². The van der Waals surface area contributed by atoms with Crippen LogP contribution in [0.25, 0.3) is 10.2 Å². The molecular weight excluding hydrogens is 450 g/mol. The van der Waals surface area contributed by atoms with Gasteiger partial charge in [-0.15, -0.1) is 12.4 Å². The molecule has 0 aliphatic carbocycles. The van der Waals surface area contributed by atoms with E-state index in [2.05, 4.69) is 4.90 Å². The maximum absolute atomic E-state index is 13.6. The number of fused-ring (bicyclic) bond motifs is 1. The van der Waals surface area contributed by atoms with Gasteiger partial charge in [0.1, 0.15) is 0 Å². The Morgan fingerprint density at radius 2 is 1.91 bits per heavy atom. The Morgan fingerprint density at radius 1 is 1.16 bits per heavy atom. The molecule has 0 unspecified atom stereocenters. The van der Waals surface area contributed by atoms with Crippen molar-refractivity contribution in [2.24, 2.45) is 0 Å². The fraction of sp³-hybridized carbons (Fsp3) is 0.391. The van der Waals surface area contributed by atoms with E-state index in [1.807, 2.05) is 25.1 Å². The lowest BCUT2D eigenvalue weighted by Crippen LogP contribution is -2.43. The molecule has 7 nitrogen and oxygen atoms in total. The van der Waals surface area contributed by atoms with Gasteiger partial charge in [0.25, 0.3) is 5.91 Å². The first-order chi connectivity index (χ1) is 15.1. The number of thiazole rings is 1. The van der Waals surface area contributed by atoms with Crippen molar-refractivity contribution < 1.29 is 19.0 Å². The van der Waals surface area contributed by atoms with E-state index in [0.29, 0.717) is 28.7 Å². The maximum atomic E-state index is 13.6. The molecule has 1 aliphatic heterocycles. The summed E-state index contributed by atoms with van der Waals surface area (Å²) in [6.07, 6.45) is 0. The summed E-state index contributed by atoms with van der Waals surface area (Å²) in [7, 11) is 3.15. The first-order valence-corrected chi connectivity index (χ1v) is 11.1. The van der Waals surface area contributed by atoms with Gasteiger partial charge < -0.3 is 14.2 Å². The lowest BCUT2D eigenvalue weighted by atomic mass is 10.1. The second kappa shape index (κ2) is 11.0. The molecule has 1 aromatic heterocycles. The fourth-order valence-electron chi connectivity index (χ4n) is 3.67. The quantitative estimate of drug-likeness (QED) is 0.512. The van der Waals surface area contributed by atoms with Crippen molar-refractivity contribution in [3.63, 3.8) is 0 Å². The van der Waals surface area contributed by atoms with Gasteiger partial charge in [0, 0.05) is 31.7 Å². The minimum atomic E-state index is -0.106. The van der Waals surface area contributed by atoms with Crippen molar-refractivity contribution in [1.82, 2.24) is 9.88 Å². The van der Waals surface area contributed by atoms with Crippen molar-refractivity contribution in [3.05, 3.63) is 47.5 Å². The lowest BCUT2D eigenvalue weighted by Gasteiger charge is -2.29. The molecule has 1 amide bonds. The molecule has 0 bridgehead atoms. The van der Waals surface area contributed by atoms with Crippen molar-refractivity contribution in [1.29, 1.82) is 0 Å². The number of anilines is 1. The number of benzene rings is 2. The molecule has 0 atom stereocenters. The van der Waals surface area contributed by atoms with Crippen molar-refractivity contribution >= 4 is 45.0 Å². The van der Waals surface area contributed by atoms with Gasteiger partial charge in [0.2, 0.25) is 0 Å². The summed E-state index contributed by atoms with van der Waals surface area (Å²) in [4.78, 5) is 22.5. The molecule has 1 aliphatic rings. The highest BCUT2D eigenvalue weighted by Gasteiger charge is 2.24. The zero-order valence-electron chi connectivity index (χ0n) is 18.5. The van der Waals surface area contributed by atoms with E-state index in [9.17, 15) is 4.79 Å². The maximum Gasteiger partial charge on any atom is 0.260 e. The highest BCUT2D eigenvalue weighted by Crippen LogP contribution is 2.33. The second-order valence-electron chi connectivity index (χ2n) is 7.40. The third kappa shape index (κ3) is 5.15. The Bertz CT molecular complexity index is 1070. The van der Waals surface area contributed by atoms with E-state index in [4.69, 9.17) is 19.2 Å². The minimum Gasteiger partial charge on any atom is -0.493 e. The Hall–Kier alpha value is -2.39. The number of carbonyl (C=O) groups is 1. The zero-order valence-corrected chi connectivity index (χ0v) is 20.1. The highest BCUT2D eigenvalue weighted by atomic mass is 35.5.